The molecule has 2 nitrogen and oxygen atoms in total. The van der Waals surface area contributed by atoms with Gasteiger partial charge in [0.05, 0.1) is 0 Å². The van der Waals surface area contributed by atoms with Crippen LogP contribution in [0, 0.1) is 0 Å². The van der Waals surface area contributed by atoms with E-state index in [0.717, 1.165) is 19.5 Å². The Morgan fingerprint density at radius 2 is 1.88 bits per heavy atom. The highest BCUT2D eigenvalue weighted by Crippen LogP contribution is 2.26. The third kappa shape index (κ3) is 2.70. The lowest BCUT2D eigenvalue weighted by atomic mass is 9.98. The Labute approximate surface area is 105 Å². The molecule has 1 fully saturated rings. The van der Waals surface area contributed by atoms with Crippen molar-refractivity contribution in [1.29, 1.82) is 0 Å². The molecule has 1 atom stereocenters. The second-order valence-electron chi connectivity index (χ2n) is 5.00. The Morgan fingerprint density at radius 3 is 2.29 bits per heavy atom. The maximum atomic E-state index is 3.35. The molecule has 0 amide bonds. The number of hydrogen-bond acceptors (Lipinski definition) is 2. The molecule has 1 aliphatic heterocycles. The highest BCUT2D eigenvalue weighted by molar-refractivity contribution is 5.25. The zero-order valence-corrected chi connectivity index (χ0v) is 11.2. The average Bonchev–Trinajstić information content (AvgIpc) is 2.28. The highest BCUT2D eigenvalue weighted by Gasteiger charge is 2.27. The van der Waals surface area contributed by atoms with Crippen LogP contribution in [-0.4, -0.2) is 31.1 Å². The van der Waals surface area contributed by atoms with Crippen molar-refractivity contribution in [1.82, 2.24) is 10.2 Å². The smallest absolute Gasteiger partial charge is 0.0348 e. The number of nitrogens with zero attached hydrogens (tertiary/aromatic N) is 1. The van der Waals surface area contributed by atoms with Gasteiger partial charge in [-0.25, -0.2) is 0 Å². The summed E-state index contributed by atoms with van der Waals surface area (Å²) in [6.45, 7) is 6.76. The molecule has 0 saturated carbocycles. The molecule has 0 bridgehead atoms. The van der Waals surface area contributed by atoms with Crippen LogP contribution < -0.4 is 5.32 Å². The van der Waals surface area contributed by atoms with Gasteiger partial charge in [0.25, 0.3) is 0 Å². The second kappa shape index (κ2) is 5.65. The normalized spacial score (nSPS) is 18.1. The van der Waals surface area contributed by atoms with E-state index in [-0.39, 0.29) is 0 Å². The van der Waals surface area contributed by atoms with Crippen molar-refractivity contribution in [3.63, 3.8) is 0 Å². The van der Waals surface area contributed by atoms with Gasteiger partial charge in [0, 0.05) is 25.2 Å². The molecule has 1 heterocycles. The van der Waals surface area contributed by atoms with Crippen molar-refractivity contribution in [3.8, 4) is 0 Å². The van der Waals surface area contributed by atoms with Crippen LogP contribution in [0.4, 0.5) is 0 Å². The fourth-order valence-corrected chi connectivity index (χ4v) is 2.55. The van der Waals surface area contributed by atoms with E-state index in [0.29, 0.717) is 12.1 Å². The fourth-order valence-electron chi connectivity index (χ4n) is 2.55. The largest absolute Gasteiger partial charge is 0.314 e. The molecule has 0 radical (unpaired) electrons. The van der Waals surface area contributed by atoms with E-state index >= 15 is 0 Å². The van der Waals surface area contributed by atoms with Gasteiger partial charge in [-0.2, -0.15) is 0 Å². The lowest BCUT2D eigenvalue weighted by molar-refractivity contribution is 0.124. The third-order valence-electron chi connectivity index (χ3n) is 3.99. The first-order valence-electron chi connectivity index (χ1n) is 6.77. The topological polar surface area (TPSA) is 15.3 Å². The van der Waals surface area contributed by atoms with Gasteiger partial charge < -0.3 is 5.32 Å². The molecule has 1 aromatic carbocycles. The maximum Gasteiger partial charge on any atom is 0.0348 e. The van der Waals surface area contributed by atoms with Crippen LogP contribution in [0.5, 0.6) is 0 Å². The molecule has 94 valence electrons. The number of aryl methyl sites for hydroxylation is 1. The highest BCUT2D eigenvalue weighted by atomic mass is 15.2. The SMILES string of the molecule is CCc1ccc(C(CC)N(C)C2CNC2)cc1. The fraction of sp³-hybridized carbons (Fsp3) is 0.600. The summed E-state index contributed by atoms with van der Waals surface area (Å²) in [6, 6.07) is 10.4. The van der Waals surface area contributed by atoms with Crippen molar-refractivity contribution in [2.45, 2.75) is 38.8 Å². The Hall–Kier alpha value is -0.860. The van der Waals surface area contributed by atoms with Crippen LogP contribution in [0.25, 0.3) is 0 Å². The van der Waals surface area contributed by atoms with Gasteiger partial charge in [-0.1, -0.05) is 38.1 Å². The summed E-state index contributed by atoms with van der Waals surface area (Å²) in [5.41, 5.74) is 2.88. The zero-order chi connectivity index (χ0) is 12.3. The van der Waals surface area contributed by atoms with Crippen molar-refractivity contribution in [3.05, 3.63) is 35.4 Å². The third-order valence-corrected chi connectivity index (χ3v) is 3.99. The molecule has 1 aliphatic rings. The minimum absolute atomic E-state index is 0.563. The van der Waals surface area contributed by atoms with Gasteiger partial charge in [0.1, 0.15) is 0 Å². The van der Waals surface area contributed by atoms with Crippen LogP contribution in [0.15, 0.2) is 24.3 Å². The quantitative estimate of drug-likeness (QED) is 0.839. The molecule has 17 heavy (non-hydrogen) atoms. The van der Waals surface area contributed by atoms with Gasteiger partial charge >= 0.3 is 0 Å². The summed E-state index contributed by atoms with van der Waals surface area (Å²) in [7, 11) is 2.26. The summed E-state index contributed by atoms with van der Waals surface area (Å²) in [4.78, 5) is 2.53. The molecule has 1 unspecified atom stereocenters. The standard InChI is InChI=1S/C15H24N2/c1-4-12-6-8-13(9-7-12)15(5-2)17(3)14-10-16-11-14/h6-9,14-16H,4-5,10-11H2,1-3H3. The molecule has 1 saturated heterocycles. The van der Waals surface area contributed by atoms with Crippen molar-refractivity contribution >= 4 is 0 Å². The van der Waals surface area contributed by atoms with E-state index in [2.05, 4.69) is 55.4 Å². The first kappa shape index (κ1) is 12.6. The van der Waals surface area contributed by atoms with Crippen molar-refractivity contribution in [2.24, 2.45) is 0 Å². The Kier molecular flexibility index (Phi) is 4.19. The predicted molar refractivity (Wildman–Crippen MR) is 73.3 cm³/mol. The maximum absolute atomic E-state index is 3.35. The van der Waals surface area contributed by atoms with Crippen LogP contribution in [-0.2, 0) is 6.42 Å². The van der Waals surface area contributed by atoms with Gasteiger partial charge in [-0.05, 0) is 31.0 Å². The number of benzene rings is 1. The minimum Gasteiger partial charge on any atom is -0.314 e. The van der Waals surface area contributed by atoms with E-state index in [1.54, 1.807) is 0 Å². The molecular weight excluding hydrogens is 208 g/mol. The van der Waals surface area contributed by atoms with Crippen LogP contribution in [0.2, 0.25) is 0 Å². The first-order chi connectivity index (χ1) is 8.26. The van der Waals surface area contributed by atoms with Crippen molar-refractivity contribution < 1.29 is 0 Å². The zero-order valence-electron chi connectivity index (χ0n) is 11.2. The molecule has 0 spiro atoms. The summed E-state index contributed by atoms with van der Waals surface area (Å²) >= 11 is 0. The summed E-state index contributed by atoms with van der Waals surface area (Å²) in [6.07, 6.45) is 2.30. The molecule has 1 aromatic rings. The van der Waals surface area contributed by atoms with E-state index in [1.807, 2.05) is 0 Å². The summed E-state index contributed by atoms with van der Waals surface area (Å²) in [5.74, 6) is 0. The van der Waals surface area contributed by atoms with E-state index in [9.17, 15) is 0 Å². The second-order valence-corrected chi connectivity index (χ2v) is 5.00. The Bertz CT molecular complexity index is 340. The van der Waals surface area contributed by atoms with Gasteiger partial charge in [-0.3, -0.25) is 4.90 Å². The molecule has 0 aromatic heterocycles. The molecule has 2 heteroatoms. The van der Waals surface area contributed by atoms with Crippen LogP contribution in [0.1, 0.15) is 37.4 Å². The molecular formula is C15H24N2. The van der Waals surface area contributed by atoms with Crippen LogP contribution >= 0.6 is 0 Å². The monoisotopic (exact) mass is 232 g/mol. The Morgan fingerprint density at radius 1 is 1.24 bits per heavy atom. The lowest BCUT2D eigenvalue weighted by Crippen LogP contribution is -2.56. The lowest BCUT2D eigenvalue weighted by Gasteiger charge is -2.40. The number of nitrogens with one attached hydrogen (secondary N) is 1. The minimum atomic E-state index is 0.563. The number of rotatable bonds is 5. The molecule has 1 N–H and O–H groups in total. The van der Waals surface area contributed by atoms with Gasteiger partial charge in [-0.15, -0.1) is 0 Å². The van der Waals surface area contributed by atoms with Gasteiger partial charge in [0.2, 0.25) is 0 Å². The summed E-state index contributed by atoms with van der Waals surface area (Å²) < 4.78 is 0. The van der Waals surface area contributed by atoms with Crippen molar-refractivity contribution in [2.75, 3.05) is 20.1 Å². The number of likely N-dealkylation sites (N-methyl/N-ethyl adjacent to an activating group) is 1. The summed E-state index contributed by atoms with van der Waals surface area (Å²) in [5, 5.41) is 3.35. The predicted octanol–water partition coefficient (Wildman–Crippen LogP) is 2.60. The first-order valence-corrected chi connectivity index (χ1v) is 6.77. The van der Waals surface area contributed by atoms with E-state index < -0.39 is 0 Å². The van der Waals surface area contributed by atoms with Crippen LogP contribution in [0.3, 0.4) is 0 Å². The Balaban J connectivity index is 2.10. The van der Waals surface area contributed by atoms with E-state index in [1.165, 1.54) is 17.5 Å². The average molecular weight is 232 g/mol. The molecule has 2 rings (SSSR count). The van der Waals surface area contributed by atoms with E-state index in [4.69, 9.17) is 0 Å². The molecule has 0 aliphatic carbocycles. The van der Waals surface area contributed by atoms with Gasteiger partial charge in [0.15, 0.2) is 0 Å². The number of hydrogen-bond donors (Lipinski definition) is 1.